The molecule has 0 aliphatic carbocycles. The monoisotopic (exact) mass is 386 g/mol. The molecule has 9 heteroatoms. The van der Waals surface area contributed by atoms with Crippen molar-refractivity contribution in [1.29, 1.82) is 0 Å². The molecule has 0 amide bonds. The highest BCUT2D eigenvalue weighted by atomic mass is 16.5. The number of aromatic hydroxyl groups is 1. The second-order valence-corrected chi connectivity index (χ2v) is 6.38. The van der Waals surface area contributed by atoms with Gasteiger partial charge in [-0.25, -0.2) is 4.98 Å². The van der Waals surface area contributed by atoms with Crippen LogP contribution in [0.15, 0.2) is 24.5 Å². The Balaban J connectivity index is 1.93. The van der Waals surface area contributed by atoms with Gasteiger partial charge in [-0.3, -0.25) is 0 Å². The normalized spacial score (nSPS) is 12.1. The summed E-state index contributed by atoms with van der Waals surface area (Å²) < 4.78 is 7.15. The number of aliphatic hydroxyl groups is 1. The SMILES string of the molecule is CCC(CO)Nc1nc(NCc2cc(OC)ccc2O)c2ncn(CC)c2n1. The van der Waals surface area contributed by atoms with Crippen molar-refractivity contribution in [3.63, 3.8) is 0 Å². The van der Waals surface area contributed by atoms with Gasteiger partial charge < -0.3 is 30.2 Å². The van der Waals surface area contributed by atoms with Crippen LogP contribution in [0, 0.1) is 0 Å². The highest BCUT2D eigenvalue weighted by Gasteiger charge is 2.15. The first kappa shape index (κ1) is 19.7. The van der Waals surface area contributed by atoms with Gasteiger partial charge in [0.25, 0.3) is 0 Å². The fraction of sp³-hybridized carbons (Fsp3) is 0.421. The lowest BCUT2D eigenvalue weighted by Gasteiger charge is -2.15. The standard InChI is InChI=1S/C19H26N6O3/c1-4-13(10-26)22-19-23-17(16-18(24-19)25(5-2)11-21-16)20-9-12-8-14(28-3)6-7-15(12)27/h6-8,11,13,26-27H,4-5,9-10H2,1-3H3,(H2,20,22,23,24). The maximum atomic E-state index is 10.1. The van der Waals surface area contributed by atoms with Gasteiger partial charge in [0.2, 0.25) is 5.95 Å². The van der Waals surface area contributed by atoms with E-state index in [-0.39, 0.29) is 18.4 Å². The molecule has 0 aliphatic rings. The minimum Gasteiger partial charge on any atom is -0.508 e. The van der Waals surface area contributed by atoms with Gasteiger partial charge in [-0.2, -0.15) is 9.97 Å². The number of anilines is 2. The third-order valence-electron chi connectivity index (χ3n) is 4.58. The van der Waals surface area contributed by atoms with Crippen molar-refractivity contribution < 1.29 is 14.9 Å². The van der Waals surface area contributed by atoms with Crippen LogP contribution in [0.25, 0.3) is 11.2 Å². The number of phenols is 1. The average molecular weight is 386 g/mol. The molecule has 0 saturated heterocycles. The molecule has 4 N–H and O–H groups in total. The molecule has 0 saturated carbocycles. The number of nitrogens with zero attached hydrogens (tertiary/aromatic N) is 4. The predicted octanol–water partition coefficient (Wildman–Crippen LogP) is 2.36. The van der Waals surface area contributed by atoms with E-state index in [1.54, 1.807) is 31.6 Å². The van der Waals surface area contributed by atoms with E-state index in [1.165, 1.54) is 0 Å². The molecule has 0 bridgehead atoms. The van der Waals surface area contributed by atoms with Gasteiger partial charge in [0.05, 0.1) is 26.1 Å². The molecular formula is C19H26N6O3. The fourth-order valence-corrected chi connectivity index (χ4v) is 2.83. The zero-order valence-corrected chi connectivity index (χ0v) is 16.3. The number of ether oxygens (including phenoxy) is 1. The summed E-state index contributed by atoms with van der Waals surface area (Å²) in [5.74, 6) is 1.80. The number of hydrogen-bond donors (Lipinski definition) is 4. The van der Waals surface area contributed by atoms with Crippen LogP contribution < -0.4 is 15.4 Å². The topological polar surface area (TPSA) is 117 Å². The van der Waals surface area contributed by atoms with Crippen LogP contribution >= 0.6 is 0 Å². The van der Waals surface area contributed by atoms with Gasteiger partial charge in [-0.15, -0.1) is 0 Å². The first-order chi connectivity index (χ1) is 13.6. The molecule has 1 unspecified atom stereocenters. The second kappa shape index (κ2) is 8.75. The maximum Gasteiger partial charge on any atom is 0.227 e. The van der Waals surface area contributed by atoms with Crippen LogP contribution in [-0.4, -0.2) is 49.5 Å². The summed E-state index contributed by atoms with van der Waals surface area (Å²) in [5.41, 5.74) is 2.02. The summed E-state index contributed by atoms with van der Waals surface area (Å²) in [6.45, 7) is 5.05. The number of aliphatic hydroxyl groups excluding tert-OH is 1. The van der Waals surface area contributed by atoms with E-state index >= 15 is 0 Å². The Morgan fingerprint density at radius 2 is 2.07 bits per heavy atom. The summed E-state index contributed by atoms with van der Waals surface area (Å²) in [5, 5.41) is 26.0. The van der Waals surface area contributed by atoms with E-state index in [2.05, 4.69) is 25.6 Å². The van der Waals surface area contributed by atoms with Gasteiger partial charge in [0.1, 0.15) is 11.5 Å². The molecule has 2 aromatic heterocycles. The van der Waals surface area contributed by atoms with Crippen molar-refractivity contribution in [2.24, 2.45) is 0 Å². The molecule has 0 radical (unpaired) electrons. The second-order valence-electron chi connectivity index (χ2n) is 6.38. The van der Waals surface area contributed by atoms with Crippen molar-refractivity contribution in [2.75, 3.05) is 24.4 Å². The number of aromatic nitrogens is 4. The molecule has 3 rings (SSSR count). The number of benzene rings is 1. The fourth-order valence-electron chi connectivity index (χ4n) is 2.83. The van der Waals surface area contributed by atoms with Crippen LogP contribution in [0.3, 0.4) is 0 Å². The zero-order valence-electron chi connectivity index (χ0n) is 16.3. The van der Waals surface area contributed by atoms with E-state index in [0.717, 1.165) is 13.0 Å². The van der Waals surface area contributed by atoms with Crippen LogP contribution in [0.4, 0.5) is 11.8 Å². The Bertz CT molecular complexity index is 939. The molecule has 0 fully saturated rings. The quantitative estimate of drug-likeness (QED) is 0.443. The molecule has 28 heavy (non-hydrogen) atoms. The van der Waals surface area contributed by atoms with Gasteiger partial charge in [0, 0.05) is 18.7 Å². The Hall–Kier alpha value is -3.07. The van der Waals surface area contributed by atoms with Gasteiger partial charge in [-0.1, -0.05) is 6.92 Å². The molecule has 1 aromatic carbocycles. The van der Waals surface area contributed by atoms with Gasteiger partial charge in [-0.05, 0) is 31.5 Å². The zero-order chi connectivity index (χ0) is 20.1. The highest BCUT2D eigenvalue weighted by molar-refractivity contribution is 5.84. The predicted molar refractivity (Wildman–Crippen MR) is 108 cm³/mol. The van der Waals surface area contributed by atoms with E-state index in [1.807, 2.05) is 18.4 Å². The van der Waals surface area contributed by atoms with E-state index in [9.17, 15) is 10.2 Å². The lowest BCUT2D eigenvalue weighted by molar-refractivity contribution is 0.271. The van der Waals surface area contributed by atoms with E-state index in [4.69, 9.17) is 4.74 Å². The summed E-state index contributed by atoms with van der Waals surface area (Å²) in [7, 11) is 1.58. The maximum absolute atomic E-state index is 10.1. The molecule has 1 atom stereocenters. The molecule has 0 aliphatic heterocycles. The van der Waals surface area contributed by atoms with Crippen molar-refractivity contribution in [1.82, 2.24) is 19.5 Å². The number of aryl methyl sites for hydroxylation is 1. The summed E-state index contributed by atoms with van der Waals surface area (Å²) in [6, 6.07) is 4.93. The molecular weight excluding hydrogens is 360 g/mol. The molecule has 9 nitrogen and oxygen atoms in total. The third-order valence-corrected chi connectivity index (χ3v) is 4.58. The summed E-state index contributed by atoms with van der Waals surface area (Å²) >= 11 is 0. The minimum absolute atomic E-state index is 0.00855. The van der Waals surface area contributed by atoms with E-state index < -0.39 is 0 Å². The van der Waals surface area contributed by atoms with Crippen LogP contribution in [0.2, 0.25) is 0 Å². The number of nitrogens with one attached hydrogen (secondary N) is 2. The highest BCUT2D eigenvalue weighted by Crippen LogP contribution is 2.26. The number of fused-ring (bicyclic) bond motifs is 1. The van der Waals surface area contributed by atoms with Crippen molar-refractivity contribution in [3.8, 4) is 11.5 Å². The Morgan fingerprint density at radius 3 is 2.75 bits per heavy atom. The molecule has 2 heterocycles. The Morgan fingerprint density at radius 1 is 1.25 bits per heavy atom. The van der Waals surface area contributed by atoms with Crippen molar-refractivity contribution >= 4 is 22.9 Å². The van der Waals surface area contributed by atoms with Gasteiger partial charge in [0.15, 0.2) is 17.0 Å². The van der Waals surface area contributed by atoms with Crippen LogP contribution in [0.1, 0.15) is 25.8 Å². The van der Waals surface area contributed by atoms with Crippen molar-refractivity contribution in [2.45, 2.75) is 39.4 Å². The Labute approximate surface area is 163 Å². The smallest absolute Gasteiger partial charge is 0.227 e. The van der Waals surface area contributed by atoms with Crippen LogP contribution in [-0.2, 0) is 13.1 Å². The summed E-state index contributed by atoms with van der Waals surface area (Å²) in [6.07, 6.45) is 2.46. The van der Waals surface area contributed by atoms with E-state index in [0.29, 0.717) is 40.8 Å². The lowest BCUT2D eigenvalue weighted by Crippen LogP contribution is -2.24. The number of hydrogen-bond acceptors (Lipinski definition) is 8. The molecule has 150 valence electrons. The van der Waals surface area contributed by atoms with Gasteiger partial charge >= 0.3 is 0 Å². The first-order valence-corrected chi connectivity index (χ1v) is 9.29. The number of imidazole rings is 1. The minimum atomic E-state index is -0.134. The summed E-state index contributed by atoms with van der Waals surface area (Å²) in [4.78, 5) is 13.5. The third kappa shape index (κ3) is 4.09. The number of phenolic OH excluding ortho intramolecular Hbond substituents is 1. The number of rotatable bonds is 9. The molecule has 3 aromatic rings. The largest absolute Gasteiger partial charge is 0.508 e. The lowest BCUT2D eigenvalue weighted by atomic mass is 10.2. The Kier molecular flexibility index (Phi) is 6.15. The number of methoxy groups -OCH3 is 1. The first-order valence-electron chi connectivity index (χ1n) is 9.29. The van der Waals surface area contributed by atoms with Crippen molar-refractivity contribution in [3.05, 3.63) is 30.1 Å². The van der Waals surface area contributed by atoms with Crippen LogP contribution in [0.5, 0.6) is 11.5 Å². The average Bonchev–Trinajstić information content (AvgIpc) is 3.14. The molecule has 0 spiro atoms.